The van der Waals surface area contributed by atoms with Crippen LogP contribution in [0.2, 0.25) is 0 Å². The third-order valence-corrected chi connectivity index (χ3v) is 6.14. The number of aromatic nitrogens is 2. The van der Waals surface area contributed by atoms with Crippen LogP contribution >= 0.6 is 0 Å². The molecule has 31 heavy (non-hydrogen) atoms. The summed E-state index contributed by atoms with van der Waals surface area (Å²) in [5.41, 5.74) is 5.62. The molecule has 0 unspecified atom stereocenters. The fraction of sp³-hybridized carbons (Fsp3) is 0.269. The van der Waals surface area contributed by atoms with Crippen molar-refractivity contribution in [3.8, 4) is 11.4 Å². The topological polar surface area (TPSA) is 50.3 Å². The Bertz CT molecular complexity index is 1270. The molecule has 1 aliphatic heterocycles. The maximum Gasteiger partial charge on any atom is 0.258 e. The number of H-pyrrole nitrogens is 1. The number of fused-ring (bicyclic) bond motifs is 3. The molecule has 158 valence electrons. The van der Waals surface area contributed by atoms with Gasteiger partial charge in [-0.3, -0.25) is 14.3 Å². The second-order valence-electron chi connectivity index (χ2n) is 8.47. The Morgan fingerprint density at radius 2 is 1.90 bits per heavy atom. The third-order valence-electron chi connectivity index (χ3n) is 6.14. The fourth-order valence-corrected chi connectivity index (χ4v) is 4.35. The van der Waals surface area contributed by atoms with E-state index in [9.17, 15) is 4.79 Å². The largest absolute Gasteiger partial charge is 0.489 e. The van der Waals surface area contributed by atoms with Crippen molar-refractivity contribution in [2.24, 2.45) is 0 Å². The maximum absolute atomic E-state index is 12.8. The molecule has 0 atom stereocenters. The summed E-state index contributed by atoms with van der Waals surface area (Å²) in [6.45, 7) is 6.96. The summed E-state index contributed by atoms with van der Waals surface area (Å²) >= 11 is 0. The smallest absolute Gasteiger partial charge is 0.258 e. The lowest BCUT2D eigenvalue weighted by molar-refractivity contribution is 0.201. The van der Waals surface area contributed by atoms with Crippen LogP contribution in [0.3, 0.4) is 0 Å². The van der Waals surface area contributed by atoms with Crippen molar-refractivity contribution in [2.75, 3.05) is 6.54 Å². The van der Waals surface area contributed by atoms with E-state index in [4.69, 9.17) is 4.74 Å². The molecule has 0 saturated heterocycles. The zero-order valence-corrected chi connectivity index (χ0v) is 18.0. The Kier molecular flexibility index (Phi) is 5.12. The van der Waals surface area contributed by atoms with E-state index in [1.807, 2.05) is 42.5 Å². The number of aromatic amines is 1. The van der Waals surface area contributed by atoms with Gasteiger partial charge < -0.3 is 9.72 Å². The van der Waals surface area contributed by atoms with Crippen molar-refractivity contribution in [3.63, 3.8) is 0 Å². The highest BCUT2D eigenvalue weighted by molar-refractivity contribution is 5.86. The van der Waals surface area contributed by atoms with E-state index >= 15 is 0 Å². The standard InChI is InChI=1S/C26H27N3O2/c1-18(2)28-12-11-23-22-9-8-20(14-24(22)27-25(23)16-28)29-13-10-21(15-26(29)30)31-17-19-6-4-3-5-7-19/h3-10,13-15,18,27H,11-12,16-17H2,1-2H3. The second kappa shape index (κ2) is 8.08. The van der Waals surface area contributed by atoms with Crippen LogP contribution in [0.15, 0.2) is 71.7 Å². The molecule has 1 N–H and O–H groups in total. The van der Waals surface area contributed by atoms with Crippen molar-refractivity contribution in [1.82, 2.24) is 14.5 Å². The molecule has 0 spiro atoms. The van der Waals surface area contributed by atoms with Gasteiger partial charge in [0.2, 0.25) is 0 Å². The SMILES string of the molecule is CC(C)N1CCc2c([nH]c3cc(-n4ccc(OCc5ccccc5)cc4=O)ccc23)C1. The van der Waals surface area contributed by atoms with Crippen LogP contribution < -0.4 is 10.3 Å². The molecule has 2 aromatic carbocycles. The number of nitrogens with one attached hydrogen (secondary N) is 1. The third kappa shape index (κ3) is 3.89. The maximum atomic E-state index is 12.8. The zero-order valence-electron chi connectivity index (χ0n) is 18.0. The molecule has 0 aliphatic carbocycles. The summed E-state index contributed by atoms with van der Waals surface area (Å²) in [4.78, 5) is 18.8. The molecule has 0 fully saturated rings. The van der Waals surface area contributed by atoms with E-state index in [0.717, 1.165) is 36.3 Å². The Balaban J connectivity index is 1.40. The lowest BCUT2D eigenvalue weighted by Gasteiger charge is -2.30. The summed E-state index contributed by atoms with van der Waals surface area (Å²) < 4.78 is 7.46. The monoisotopic (exact) mass is 413 g/mol. The average molecular weight is 414 g/mol. The second-order valence-corrected chi connectivity index (χ2v) is 8.47. The van der Waals surface area contributed by atoms with Gasteiger partial charge in [-0.25, -0.2) is 0 Å². The lowest BCUT2D eigenvalue weighted by atomic mass is 10.0. The minimum absolute atomic E-state index is 0.104. The van der Waals surface area contributed by atoms with Crippen molar-refractivity contribution >= 4 is 10.9 Å². The zero-order chi connectivity index (χ0) is 21.4. The molecular formula is C26H27N3O2. The first-order valence-electron chi connectivity index (χ1n) is 10.9. The molecule has 5 heteroatoms. The molecule has 5 nitrogen and oxygen atoms in total. The van der Waals surface area contributed by atoms with Crippen LogP contribution in [0.5, 0.6) is 5.75 Å². The van der Waals surface area contributed by atoms with Gasteiger partial charge in [0.05, 0.1) is 5.69 Å². The summed E-state index contributed by atoms with van der Waals surface area (Å²) in [5.74, 6) is 0.579. The number of rotatable bonds is 5. The quantitative estimate of drug-likeness (QED) is 0.518. The molecule has 1 aliphatic rings. The number of pyridine rings is 1. The molecule has 0 bridgehead atoms. The van der Waals surface area contributed by atoms with Gasteiger partial charge in [-0.1, -0.05) is 36.4 Å². The van der Waals surface area contributed by atoms with E-state index in [-0.39, 0.29) is 5.56 Å². The van der Waals surface area contributed by atoms with Crippen LogP contribution in [0.25, 0.3) is 16.6 Å². The van der Waals surface area contributed by atoms with Gasteiger partial charge in [0, 0.05) is 48.0 Å². The van der Waals surface area contributed by atoms with Crippen molar-refractivity contribution in [1.29, 1.82) is 0 Å². The normalized spacial score (nSPS) is 14.2. The van der Waals surface area contributed by atoms with Crippen LogP contribution in [0, 0.1) is 0 Å². The van der Waals surface area contributed by atoms with Crippen LogP contribution in [0.4, 0.5) is 0 Å². The summed E-state index contributed by atoms with van der Waals surface area (Å²) in [5, 5.41) is 1.26. The highest BCUT2D eigenvalue weighted by atomic mass is 16.5. The minimum atomic E-state index is -0.104. The molecule has 5 rings (SSSR count). The molecule has 0 amide bonds. The summed E-state index contributed by atoms with van der Waals surface area (Å²) in [7, 11) is 0. The Morgan fingerprint density at radius 1 is 1.06 bits per heavy atom. The lowest BCUT2D eigenvalue weighted by Crippen LogP contribution is -2.35. The highest BCUT2D eigenvalue weighted by Gasteiger charge is 2.22. The highest BCUT2D eigenvalue weighted by Crippen LogP contribution is 2.29. The molecule has 0 saturated carbocycles. The minimum Gasteiger partial charge on any atom is -0.489 e. The molecule has 0 radical (unpaired) electrons. The van der Waals surface area contributed by atoms with E-state index in [1.165, 1.54) is 16.6 Å². The number of hydrogen-bond acceptors (Lipinski definition) is 3. The van der Waals surface area contributed by atoms with Crippen molar-refractivity contribution < 1.29 is 4.74 Å². The van der Waals surface area contributed by atoms with E-state index < -0.39 is 0 Å². The number of ether oxygens (including phenoxy) is 1. The van der Waals surface area contributed by atoms with Crippen molar-refractivity contribution in [3.05, 3.63) is 94.0 Å². The Hall–Kier alpha value is -3.31. The molecular weight excluding hydrogens is 386 g/mol. The number of hydrogen-bond donors (Lipinski definition) is 1. The van der Waals surface area contributed by atoms with Crippen LogP contribution in [0.1, 0.15) is 30.7 Å². The fourth-order valence-electron chi connectivity index (χ4n) is 4.35. The average Bonchev–Trinajstić information content (AvgIpc) is 3.15. The predicted molar refractivity (Wildman–Crippen MR) is 124 cm³/mol. The van der Waals surface area contributed by atoms with Crippen LogP contribution in [-0.2, 0) is 19.6 Å². The first-order valence-corrected chi connectivity index (χ1v) is 10.9. The van der Waals surface area contributed by atoms with Gasteiger partial charge in [-0.15, -0.1) is 0 Å². The summed E-state index contributed by atoms with van der Waals surface area (Å²) in [6, 6.07) is 20.1. The first kappa shape index (κ1) is 19.6. The Labute approximate surface area is 181 Å². The van der Waals surface area contributed by atoms with E-state index in [0.29, 0.717) is 18.4 Å². The van der Waals surface area contributed by atoms with Crippen LogP contribution in [-0.4, -0.2) is 27.0 Å². The number of nitrogens with zero attached hydrogens (tertiary/aromatic N) is 2. The van der Waals surface area contributed by atoms with Gasteiger partial charge in [-0.05, 0) is 49.6 Å². The van der Waals surface area contributed by atoms with Gasteiger partial charge in [0.1, 0.15) is 12.4 Å². The van der Waals surface area contributed by atoms with Gasteiger partial charge in [-0.2, -0.15) is 0 Å². The predicted octanol–water partition coefficient (Wildman–Crippen LogP) is 4.66. The van der Waals surface area contributed by atoms with Crippen molar-refractivity contribution in [2.45, 2.75) is 39.5 Å². The molecule has 2 aromatic heterocycles. The number of benzene rings is 2. The van der Waals surface area contributed by atoms with Gasteiger partial charge in [0.25, 0.3) is 5.56 Å². The Morgan fingerprint density at radius 3 is 2.68 bits per heavy atom. The van der Waals surface area contributed by atoms with Gasteiger partial charge >= 0.3 is 0 Å². The summed E-state index contributed by atoms with van der Waals surface area (Å²) in [6.07, 6.45) is 2.84. The molecule has 3 heterocycles. The molecule has 4 aromatic rings. The van der Waals surface area contributed by atoms with E-state index in [2.05, 4.69) is 35.9 Å². The van der Waals surface area contributed by atoms with E-state index in [1.54, 1.807) is 16.8 Å². The van der Waals surface area contributed by atoms with Gasteiger partial charge in [0.15, 0.2) is 0 Å². The first-order chi connectivity index (χ1) is 15.1.